The number of halogens is 1. The average molecular weight is 307 g/mol. The van der Waals surface area contributed by atoms with Gasteiger partial charge >= 0.3 is 0 Å². The van der Waals surface area contributed by atoms with Gasteiger partial charge in [0, 0.05) is 36.4 Å². The Morgan fingerprint density at radius 1 is 1.24 bits per heavy atom. The lowest BCUT2D eigenvalue weighted by atomic mass is 10.1. The van der Waals surface area contributed by atoms with Gasteiger partial charge in [-0.3, -0.25) is 0 Å². The molecule has 1 N–H and O–H groups in total. The van der Waals surface area contributed by atoms with Gasteiger partial charge in [-0.05, 0) is 43.7 Å². The van der Waals surface area contributed by atoms with Gasteiger partial charge in [-0.25, -0.2) is 0 Å². The molecular formula is C17H23ClN2O. The zero-order valence-electron chi connectivity index (χ0n) is 12.9. The largest absolute Gasteiger partial charge is 0.469 e. The van der Waals surface area contributed by atoms with Crippen LogP contribution in [0.1, 0.15) is 30.2 Å². The van der Waals surface area contributed by atoms with Crippen molar-refractivity contribution in [3.8, 4) is 0 Å². The maximum atomic E-state index is 6.38. The number of furan rings is 1. The van der Waals surface area contributed by atoms with Gasteiger partial charge in [0.15, 0.2) is 0 Å². The van der Waals surface area contributed by atoms with E-state index in [1.165, 1.54) is 5.56 Å². The Hall–Kier alpha value is -1.45. The summed E-state index contributed by atoms with van der Waals surface area (Å²) >= 11 is 6.38. The number of hydrogen-bond donors (Lipinski definition) is 1. The summed E-state index contributed by atoms with van der Waals surface area (Å²) in [4.78, 5) is 2.17. The third-order valence-electron chi connectivity index (χ3n) is 3.59. The molecule has 0 radical (unpaired) electrons. The molecule has 0 spiro atoms. The standard InChI is InChI=1S/C17H23ClN2O/c1-4-8-19-11-14-5-6-16(10-17(14)18)20(3)12-15-7-9-21-13(15)2/h5-7,9-10,19H,4,8,11-12H2,1-3H3. The first-order valence-corrected chi connectivity index (χ1v) is 7.73. The molecular weight excluding hydrogens is 284 g/mol. The third kappa shape index (κ3) is 4.26. The number of aryl methyl sites for hydroxylation is 1. The van der Waals surface area contributed by atoms with Crippen LogP contribution in [0.15, 0.2) is 34.9 Å². The molecule has 0 amide bonds. The average Bonchev–Trinajstić information content (AvgIpc) is 2.86. The minimum Gasteiger partial charge on any atom is -0.469 e. The highest BCUT2D eigenvalue weighted by atomic mass is 35.5. The summed E-state index contributed by atoms with van der Waals surface area (Å²) in [6.07, 6.45) is 2.86. The van der Waals surface area contributed by atoms with Crippen LogP contribution < -0.4 is 10.2 Å². The molecule has 0 unspecified atom stereocenters. The fraction of sp³-hybridized carbons (Fsp3) is 0.412. The lowest BCUT2D eigenvalue weighted by Crippen LogP contribution is -2.17. The maximum Gasteiger partial charge on any atom is 0.105 e. The maximum absolute atomic E-state index is 6.38. The van der Waals surface area contributed by atoms with Crippen LogP contribution >= 0.6 is 11.6 Å². The number of nitrogens with one attached hydrogen (secondary N) is 1. The Kier molecular flexibility index (Phi) is 5.71. The van der Waals surface area contributed by atoms with Gasteiger partial charge in [0.2, 0.25) is 0 Å². The number of nitrogens with zero attached hydrogens (tertiary/aromatic N) is 1. The second kappa shape index (κ2) is 7.53. The lowest BCUT2D eigenvalue weighted by molar-refractivity contribution is 0.529. The minimum absolute atomic E-state index is 0.812. The molecule has 0 atom stereocenters. The molecule has 1 aromatic heterocycles. The van der Waals surface area contributed by atoms with E-state index < -0.39 is 0 Å². The van der Waals surface area contributed by atoms with Gasteiger partial charge in [-0.2, -0.15) is 0 Å². The summed E-state index contributed by atoms with van der Waals surface area (Å²) in [5, 5.41) is 4.19. The molecule has 1 heterocycles. The van der Waals surface area contributed by atoms with Gasteiger partial charge in [0.1, 0.15) is 5.76 Å². The van der Waals surface area contributed by atoms with E-state index in [4.69, 9.17) is 16.0 Å². The Balaban J connectivity index is 2.03. The second-order valence-corrected chi connectivity index (χ2v) is 5.72. The molecule has 2 aromatic rings. The Morgan fingerprint density at radius 3 is 2.67 bits per heavy atom. The molecule has 0 saturated carbocycles. The molecule has 0 aliphatic carbocycles. The van der Waals surface area contributed by atoms with Crippen LogP contribution in [0.4, 0.5) is 5.69 Å². The number of rotatable bonds is 7. The monoisotopic (exact) mass is 306 g/mol. The molecule has 2 rings (SSSR count). The van der Waals surface area contributed by atoms with Crippen LogP contribution in [0, 0.1) is 6.92 Å². The molecule has 0 bridgehead atoms. The molecule has 21 heavy (non-hydrogen) atoms. The molecule has 4 heteroatoms. The third-order valence-corrected chi connectivity index (χ3v) is 3.95. The normalized spacial score (nSPS) is 10.9. The predicted molar refractivity (Wildman–Crippen MR) is 89.0 cm³/mol. The van der Waals surface area contributed by atoms with Crippen molar-refractivity contribution >= 4 is 17.3 Å². The molecule has 0 aliphatic heterocycles. The number of benzene rings is 1. The molecule has 1 aromatic carbocycles. The van der Waals surface area contributed by atoms with E-state index in [-0.39, 0.29) is 0 Å². The molecule has 3 nitrogen and oxygen atoms in total. The summed E-state index contributed by atoms with van der Waals surface area (Å²) in [5.74, 6) is 0.966. The first-order chi connectivity index (χ1) is 10.1. The van der Waals surface area contributed by atoms with Gasteiger partial charge < -0.3 is 14.6 Å². The van der Waals surface area contributed by atoms with Gasteiger partial charge in [-0.1, -0.05) is 24.6 Å². The molecule has 114 valence electrons. The van der Waals surface area contributed by atoms with Crippen LogP contribution in [0.3, 0.4) is 0 Å². The Bertz CT molecular complexity index is 580. The van der Waals surface area contributed by atoms with E-state index in [0.717, 1.165) is 48.1 Å². The van der Waals surface area contributed by atoms with Crippen molar-refractivity contribution in [2.45, 2.75) is 33.4 Å². The summed E-state index contributed by atoms with van der Waals surface area (Å²) in [6, 6.07) is 8.25. The van der Waals surface area contributed by atoms with Crippen LogP contribution in [0.5, 0.6) is 0 Å². The van der Waals surface area contributed by atoms with Gasteiger partial charge in [0.25, 0.3) is 0 Å². The SMILES string of the molecule is CCCNCc1ccc(N(C)Cc2ccoc2C)cc1Cl. The minimum atomic E-state index is 0.812. The van der Waals surface area contributed by atoms with Crippen molar-refractivity contribution in [1.82, 2.24) is 5.32 Å². The van der Waals surface area contributed by atoms with Crippen molar-refractivity contribution in [2.75, 3.05) is 18.5 Å². The summed E-state index contributed by atoms with van der Waals surface area (Å²) in [7, 11) is 2.06. The van der Waals surface area contributed by atoms with Crippen molar-refractivity contribution in [3.05, 3.63) is 52.4 Å². The van der Waals surface area contributed by atoms with Crippen molar-refractivity contribution in [3.63, 3.8) is 0 Å². The van der Waals surface area contributed by atoms with E-state index in [1.54, 1.807) is 6.26 Å². The highest BCUT2D eigenvalue weighted by Crippen LogP contribution is 2.24. The highest BCUT2D eigenvalue weighted by Gasteiger charge is 2.08. The first-order valence-electron chi connectivity index (χ1n) is 7.35. The zero-order chi connectivity index (χ0) is 15.2. The van der Waals surface area contributed by atoms with Crippen LogP contribution in [-0.2, 0) is 13.1 Å². The van der Waals surface area contributed by atoms with Crippen molar-refractivity contribution in [2.24, 2.45) is 0 Å². The molecule has 0 saturated heterocycles. The summed E-state index contributed by atoms with van der Waals surface area (Å²) in [5.41, 5.74) is 3.45. The summed E-state index contributed by atoms with van der Waals surface area (Å²) < 4.78 is 5.34. The quantitative estimate of drug-likeness (QED) is 0.770. The topological polar surface area (TPSA) is 28.4 Å². The molecule has 0 aliphatic rings. The van der Waals surface area contributed by atoms with Crippen molar-refractivity contribution < 1.29 is 4.42 Å². The summed E-state index contributed by atoms with van der Waals surface area (Å²) in [6.45, 7) is 6.78. The fourth-order valence-electron chi connectivity index (χ4n) is 2.24. The first kappa shape index (κ1) is 15.9. The Morgan fingerprint density at radius 2 is 2.05 bits per heavy atom. The van der Waals surface area contributed by atoms with Crippen molar-refractivity contribution in [1.29, 1.82) is 0 Å². The Labute approximate surface area is 131 Å². The fourth-order valence-corrected chi connectivity index (χ4v) is 2.48. The number of anilines is 1. The van der Waals surface area contributed by atoms with Crippen LogP contribution in [-0.4, -0.2) is 13.6 Å². The van der Waals surface area contributed by atoms with E-state index >= 15 is 0 Å². The van der Waals surface area contributed by atoms with Gasteiger partial charge in [0.05, 0.1) is 6.26 Å². The smallest absolute Gasteiger partial charge is 0.105 e. The highest BCUT2D eigenvalue weighted by molar-refractivity contribution is 6.31. The van der Waals surface area contributed by atoms with Gasteiger partial charge in [-0.15, -0.1) is 0 Å². The second-order valence-electron chi connectivity index (χ2n) is 5.31. The lowest BCUT2D eigenvalue weighted by Gasteiger charge is -2.20. The van der Waals surface area contributed by atoms with Crippen LogP contribution in [0.25, 0.3) is 0 Å². The molecule has 0 fully saturated rings. The predicted octanol–water partition coefficient (Wildman–Crippen LogP) is 4.38. The van der Waals surface area contributed by atoms with E-state index in [1.807, 2.05) is 19.1 Å². The number of hydrogen-bond acceptors (Lipinski definition) is 3. The van der Waals surface area contributed by atoms with Crippen LogP contribution in [0.2, 0.25) is 5.02 Å². The van der Waals surface area contributed by atoms with E-state index in [0.29, 0.717) is 0 Å². The zero-order valence-corrected chi connectivity index (χ0v) is 13.7. The van der Waals surface area contributed by atoms with E-state index in [2.05, 4.69) is 36.3 Å². The van der Waals surface area contributed by atoms with E-state index in [9.17, 15) is 0 Å².